The van der Waals surface area contributed by atoms with Crippen LogP contribution >= 0.6 is 0 Å². The van der Waals surface area contributed by atoms with Crippen molar-refractivity contribution in [1.29, 1.82) is 0 Å². The van der Waals surface area contributed by atoms with Crippen molar-refractivity contribution >= 4 is 0 Å². The van der Waals surface area contributed by atoms with Gasteiger partial charge in [0.2, 0.25) is 0 Å². The smallest absolute Gasteiger partial charge is 0.0867 e. The van der Waals surface area contributed by atoms with Gasteiger partial charge >= 0.3 is 0 Å². The molecule has 0 saturated carbocycles. The molecule has 0 amide bonds. The minimum atomic E-state index is -0.593. The van der Waals surface area contributed by atoms with E-state index >= 15 is 0 Å². The summed E-state index contributed by atoms with van der Waals surface area (Å²) in [5.74, 6) is 0.304. The van der Waals surface area contributed by atoms with Gasteiger partial charge in [-0.2, -0.15) is 0 Å². The van der Waals surface area contributed by atoms with E-state index in [2.05, 4.69) is 24.3 Å². The molecule has 0 bridgehead atoms. The predicted octanol–water partition coefficient (Wildman–Crippen LogP) is 2.42. The largest absolute Gasteiger partial charge is 0.390 e. The molecule has 2 unspecified atom stereocenters. The SMILES string of the molecule is O[C@H](C1C=CCCC1)[C@@H](O)C1C=CCCC1. The van der Waals surface area contributed by atoms with Gasteiger partial charge in [-0.15, -0.1) is 0 Å². The summed E-state index contributed by atoms with van der Waals surface area (Å²) >= 11 is 0. The zero-order valence-electron chi connectivity index (χ0n) is 9.76. The van der Waals surface area contributed by atoms with Crippen LogP contribution in [-0.2, 0) is 0 Å². The van der Waals surface area contributed by atoms with E-state index in [0.717, 1.165) is 38.5 Å². The summed E-state index contributed by atoms with van der Waals surface area (Å²) in [7, 11) is 0. The zero-order valence-corrected chi connectivity index (χ0v) is 9.76. The number of aliphatic hydroxyl groups excluding tert-OH is 2. The van der Waals surface area contributed by atoms with Gasteiger partial charge in [0.1, 0.15) is 0 Å². The van der Waals surface area contributed by atoms with E-state index < -0.39 is 12.2 Å². The van der Waals surface area contributed by atoms with Crippen LogP contribution < -0.4 is 0 Å². The van der Waals surface area contributed by atoms with Gasteiger partial charge in [0.25, 0.3) is 0 Å². The van der Waals surface area contributed by atoms with Gasteiger partial charge in [-0.1, -0.05) is 24.3 Å². The molecule has 16 heavy (non-hydrogen) atoms. The fourth-order valence-electron chi connectivity index (χ4n) is 2.75. The first-order valence-electron chi connectivity index (χ1n) is 6.48. The number of aliphatic hydroxyl groups is 2. The van der Waals surface area contributed by atoms with Crippen molar-refractivity contribution in [2.45, 2.75) is 50.7 Å². The molecule has 2 aliphatic rings. The Morgan fingerprint density at radius 2 is 1.25 bits per heavy atom. The molecule has 2 aliphatic carbocycles. The predicted molar refractivity (Wildman–Crippen MR) is 65.0 cm³/mol. The van der Waals surface area contributed by atoms with E-state index in [9.17, 15) is 10.2 Å². The van der Waals surface area contributed by atoms with Gasteiger partial charge in [0.15, 0.2) is 0 Å². The molecule has 2 heteroatoms. The molecule has 0 spiro atoms. The van der Waals surface area contributed by atoms with Crippen LogP contribution in [0.1, 0.15) is 38.5 Å². The third-order valence-electron chi connectivity index (χ3n) is 3.81. The van der Waals surface area contributed by atoms with E-state index in [1.165, 1.54) is 0 Å². The van der Waals surface area contributed by atoms with Gasteiger partial charge < -0.3 is 10.2 Å². The van der Waals surface area contributed by atoms with Crippen LogP contribution in [-0.4, -0.2) is 22.4 Å². The van der Waals surface area contributed by atoms with Crippen LogP contribution in [0.3, 0.4) is 0 Å². The summed E-state index contributed by atoms with van der Waals surface area (Å²) in [5.41, 5.74) is 0. The highest BCUT2D eigenvalue weighted by molar-refractivity contribution is 5.03. The van der Waals surface area contributed by atoms with Crippen LogP contribution in [0.5, 0.6) is 0 Å². The molecule has 0 heterocycles. The van der Waals surface area contributed by atoms with E-state index in [4.69, 9.17) is 0 Å². The molecule has 0 aromatic heterocycles. The first-order chi connectivity index (χ1) is 7.79. The van der Waals surface area contributed by atoms with Gasteiger partial charge in [0.05, 0.1) is 12.2 Å². The molecule has 2 nitrogen and oxygen atoms in total. The normalized spacial score (nSPS) is 33.6. The molecule has 0 aliphatic heterocycles. The van der Waals surface area contributed by atoms with Crippen LogP contribution in [0.4, 0.5) is 0 Å². The average molecular weight is 222 g/mol. The molecule has 0 radical (unpaired) electrons. The summed E-state index contributed by atoms with van der Waals surface area (Å²) in [6.07, 6.45) is 13.7. The first kappa shape index (κ1) is 11.9. The second kappa shape index (κ2) is 5.65. The average Bonchev–Trinajstić information content (AvgIpc) is 2.39. The summed E-state index contributed by atoms with van der Waals surface area (Å²) < 4.78 is 0. The van der Waals surface area contributed by atoms with Crippen molar-refractivity contribution in [1.82, 2.24) is 0 Å². The molecular weight excluding hydrogens is 200 g/mol. The Balaban J connectivity index is 1.94. The molecule has 4 atom stereocenters. The second-order valence-electron chi connectivity index (χ2n) is 5.03. The Labute approximate surface area is 97.7 Å². The van der Waals surface area contributed by atoms with Gasteiger partial charge in [-0.05, 0) is 38.5 Å². The Morgan fingerprint density at radius 3 is 1.56 bits per heavy atom. The summed E-state index contributed by atoms with van der Waals surface area (Å²) in [6, 6.07) is 0. The molecule has 2 N–H and O–H groups in total. The summed E-state index contributed by atoms with van der Waals surface area (Å²) in [4.78, 5) is 0. The lowest BCUT2D eigenvalue weighted by molar-refractivity contribution is -0.0326. The van der Waals surface area contributed by atoms with Crippen molar-refractivity contribution < 1.29 is 10.2 Å². The molecular formula is C14H22O2. The molecule has 0 aromatic rings. The fourth-order valence-corrected chi connectivity index (χ4v) is 2.75. The fraction of sp³-hybridized carbons (Fsp3) is 0.714. The first-order valence-corrected chi connectivity index (χ1v) is 6.48. The van der Waals surface area contributed by atoms with Crippen LogP contribution in [0, 0.1) is 11.8 Å². The van der Waals surface area contributed by atoms with Gasteiger partial charge in [-0.25, -0.2) is 0 Å². The molecule has 2 rings (SSSR count). The lowest BCUT2D eigenvalue weighted by Gasteiger charge is -2.31. The molecule has 0 aromatic carbocycles. The zero-order chi connectivity index (χ0) is 11.4. The summed E-state index contributed by atoms with van der Waals surface area (Å²) in [5, 5.41) is 20.3. The third-order valence-corrected chi connectivity index (χ3v) is 3.81. The minimum Gasteiger partial charge on any atom is -0.390 e. The van der Waals surface area contributed by atoms with Crippen molar-refractivity contribution in [3.05, 3.63) is 24.3 Å². The van der Waals surface area contributed by atoms with Crippen molar-refractivity contribution in [3.8, 4) is 0 Å². The lowest BCUT2D eigenvalue weighted by atomic mass is 9.81. The Hall–Kier alpha value is -0.600. The number of rotatable bonds is 3. The minimum absolute atomic E-state index is 0.152. The molecule has 90 valence electrons. The monoisotopic (exact) mass is 222 g/mol. The Kier molecular flexibility index (Phi) is 4.19. The Morgan fingerprint density at radius 1 is 0.812 bits per heavy atom. The van der Waals surface area contributed by atoms with Gasteiger partial charge in [0, 0.05) is 11.8 Å². The highest BCUT2D eigenvalue weighted by Crippen LogP contribution is 2.28. The number of hydrogen-bond acceptors (Lipinski definition) is 2. The van der Waals surface area contributed by atoms with E-state index in [1.807, 2.05) is 0 Å². The lowest BCUT2D eigenvalue weighted by Crippen LogP contribution is -2.38. The van der Waals surface area contributed by atoms with Crippen molar-refractivity contribution in [2.75, 3.05) is 0 Å². The maximum atomic E-state index is 10.2. The summed E-state index contributed by atoms with van der Waals surface area (Å²) in [6.45, 7) is 0. The quantitative estimate of drug-likeness (QED) is 0.720. The van der Waals surface area contributed by atoms with Crippen molar-refractivity contribution in [2.24, 2.45) is 11.8 Å². The Bertz CT molecular complexity index is 242. The van der Waals surface area contributed by atoms with E-state index in [0.29, 0.717) is 0 Å². The van der Waals surface area contributed by atoms with Crippen LogP contribution in [0.25, 0.3) is 0 Å². The maximum Gasteiger partial charge on any atom is 0.0867 e. The van der Waals surface area contributed by atoms with Gasteiger partial charge in [-0.3, -0.25) is 0 Å². The standard InChI is InChI=1S/C14H22O2/c15-13(11-7-3-1-4-8-11)14(16)12-9-5-2-6-10-12/h3,5,7,9,11-16H,1-2,4,6,8,10H2/t11?,12?,13-,14+. The maximum absolute atomic E-state index is 10.2. The van der Waals surface area contributed by atoms with E-state index in [1.54, 1.807) is 0 Å². The molecule has 0 saturated heterocycles. The highest BCUT2D eigenvalue weighted by Gasteiger charge is 2.30. The number of hydrogen-bond donors (Lipinski definition) is 2. The van der Waals surface area contributed by atoms with E-state index in [-0.39, 0.29) is 11.8 Å². The number of allylic oxidation sites excluding steroid dienone is 2. The highest BCUT2D eigenvalue weighted by atomic mass is 16.3. The molecule has 0 fully saturated rings. The topological polar surface area (TPSA) is 40.5 Å². The second-order valence-corrected chi connectivity index (χ2v) is 5.03. The third kappa shape index (κ3) is 2.74. The van der Waals surface area contributed by atoms with Crippen LogP contribution in [0.15, 0.2) is 24.3 Å². The van der Waals surface area contributed by atoms with Crippen LogP contribution in [0.2, 0.25) is 0 Å². The van der Waals surface area contributed by atoms with Crippen molar-refractivity contribution in [3.63, 3.8) is 0 Å².